The van der Waals surface area contributed by atoms with Crippen molar-refractivity contribution in [3.8, 4) is 11.5 Å². The number of ether oxygens (including phenoxy) is 2. The number of benzene rings is 2. The van der Waals surface area contributed by atoms with Crippen LogP contribution in [0.15, 0.2) is 41.3 Å². The van der Waals surface area contributed by atoms with E-state index in [2.05, 4.69) is 10.1 Å². The maximum Gasteiger partial charge on any atom is 0.387 e. The van der Waals surface area contributed by atoms with Crippen LogP contribution < -0.4 is 14.8 Å². The summed E-state index contributed by atoms with van der Waals surface area (Å²) in [5.41, 5.74) is 3.50. The van der Waals surface area contributed by atoms with Crippen molar-refractivity contribution >= 4 is 34.9 Å². The third kappa shape index (κ3) is 5.22. The Labute approximate surface area is 199 Å². The van der Waals surface area contributed by atoms with E-state index in [4.69, 9.17) is 4.74 Å². The predicted molar refractivity (Wildman–Crippen MR) is 123 cm³/mol. The standard InChI is InChI=1S/C24H22F2N2O5S/c1-32-19-11-14(5-8-18(19)33-23(25)26)12-20-22(30)28(24(31)34-20)10-9-27-21(29)17-7-6-15-3-2-4-16(15)13-17/h5-8,11-13,23H,2-4,9-10H2,1H3,(H,27,29)/b20-12-. The van der Waals surface area contributed by atoms with Gasteiger partial charge >= 0.3 is 6.61 Å². The molecule has 1 fully saturated rings. The second-order valence-corrected chi connectivity index (χ2v) is 8.71. The van der Waals surface area contributed by atoms with Gasteiger partial charge in [-0.2, -0.15) is 8.78 Å². The maximum absolute atomic E-state index is 12.7. The molecule has 1 aliphatic heterocycles. The summed E-state index contributed by atoms with van der Waals surface area (Å²) in [6.45, 7) is -2.85. The summed E-state index contributed by atoms with van der Waals surface area (Å²) < 4.78 is 34.4. The molecule has 3 amide bonds. The molecular weight excluding hydrogens is 466 g/mol. The molecule has 1 saturated heterocycles. The average Bonchev–Trinajstić information content (AvgIpc) is 3.38. The topological polar surface area (TPSA) is 84.9 Å². The second kappa shape index (κ2) is 10.3. The number of hydrogen-bond donors (Lipinski definition) is 1. The number of carbonyl (C=O) groups is 3. The number of hydrogen-bond acceptors (Lipinski definition) is 6. The Morgan fingerprint density at radius 1 is 1.15 bits per heavy atom. The van der Waals surface area contributed by atoms with E-state index in [-0.39, 0.29) is 35.4 Å². The van der Waals surface area contributed by atoms with Gasteiger partial charge in [0.25, 0.3) is 17.1 Å². The molecule has 1 N–H and O–H groups in total. The molecule has 0 unspecified atom stereocenters. The fourth-order valence-corrected chi connectivity index (χ4v) is 4.77. The van der Waals surface area contributed by atoms with Crippen molar-refractivity contribution in [3.05, 3.63) is 63.6 Å². The molecule has 0 atom stereocenters. The highest BCUT2D eigenvalue weighted by Crippen LogP contribution is 2.34. The van der Waals surface area contributed by atoms with Crippen molar-refractivity contribution in [1.82, 2.24) is 10.2 Å². The van der Waals surface area contributed by atoms with E-state index in [9.17, 15) is 23.2 Å². The van der Waals surface area contributed by atoms with Crippen LogP contribution in [0.2, 0.25) is 0 Å². The molecule has 0 aromatic heterocycles. The van der Waals surface area contributed by atoms with Crippen molar-refractivity contribution < 1.29 is 32.6 Å². The van der Waals surface area contributed by atoms with Gasteiger partial charge < -0.3 is 14.8 Å². The molecule has 1 heterocycles. The van der Waals surface area contributed by atoms with E-state index in [1.54, 1.807) is 6.07 Å². The van der Waals surface area contributed by atoms with Gasteiger partial charge in [0.15, 0.2) is 11.5 Å². The Bertz CT molecular complexity index is 1170. The number of alkyl halides is 2. The highest BCUT2D eigenvalue weighted by molar-refractivity contribution is 8.18. The lowest BCUT2D eigenvalue weighted by atomic mass is 10.1. The Morgan fingerprint density at radius 2 is 1.94 bits per heavy atom. The van der Waals surface area contributed by atoms with Crippen LogP contribution in [0.5, 0.6) is 11.5 Å². The van der Waals surface area contributed by atoms with E-state index in [0.717, 1.165) is 35.9 Å². The third-order valence-electron chi connectivity index (χ3n) is 5.56. The number of amides is 3. The summed E-state index contributed by atoms with van der Waals surface area (Å²) >= 11 is 0.767. The molecule has 2 aliphatic rings. The Kier molecular flexibility index (Phi) is 7.16. The summed E-state index contributed by atoms with van der Waals surface area (Å²) in [5.74, 6) is -0.812. The normalized spacial score (nSPS) is 16.4. The van der Waals surface area contributed by atoms with Crippen LogP contribution in [0.3, 0.4) is 0 Å². The van der Waals surface area contributed by atoms with Crippen molar-refractivity contribution in [2.24, 2.45) is 0 Å². The van der Waals surface area contributed by atoms with E-state index in [1.807, 2.05) is 12.1 Å². The minimum atomic E-state index is -3.00. The lowest BCUT2D eigenvalue weighted by Gasteiger charge is -2.13. The van der Waals surface area contributed by atoms with Crippen molar-refractivity contribution in [2.75, 3.05) is 20.2 Å². The fourth-order valence-electron chi connectivity index (χ4n) is 3.91. The van der Waals surface area contributed by atoms with Crippen LogP contribution in [0.25, 0.3) is 6.08 Å². The number of nitrogens with zero attached hydrogens (tertiary/aromatic N) is 1. The van der Waals surface area contributed by atoms with E-state index in [0.29, 0.717) is 11.1 Å². The van der Waals surface area contributed by atoms with E-state index < -0.39 is 17.8 Å². The molecule has 178 valence electrons. The number of methoxy groups -OCH3 is 1. The van der Waals surface area contributed by atoms with Gasteiger partial charge in [0.05, 0.1) is 12.0 Å². The SMILES string of the molecule is COc1cc(/C=C2\SC(=O)N(CCNC(=O)c3ccc4c(c3)CCC4)C2=O)ccc1OC(F)F. The quantitative estimate of drug-likeness (QED) is 0.560. The molecular formula is C24H22F2N2O5S. The van der Waals surface area contributed by atoms with Crippen molar-refractivity contribution in [2.45, 2.75) is 25.9 Å². The van der Waals surface area contributed by atoms with Crippen LogP contribution in [0.4, 0.5) is 13.6 Å². The molecule has 2 aromatic carbocycles. The number of rotatable bonds is 8. The van der Waals surface area contributed by atoms with Gasteiger partial charge in [-0.25, -0.2) is 0 Å². The number of fused-ring (bicyclic) bond motifs is 1. The summed E-state index contributed by atoms with van der Waals surface area (Å²) in [4.78, 5) is 38.8. The van der Waals surface area contributed by atoms with Crippen LogP contribution in [-0.2, 0) is 17.6 Å². The van der Waals surface area contributed by atoms with Gasteiger partial charge in [-0.3, -0.25) is 19.3 Å². The van der Waals surface area contributed by atoms with Crippen LogP contribution in [-0.4, -0.2) is 48.8 Å². The average molecular weight is 489 g/mol. The van der Waals surface area contributed by atoms with Crippen LogP contribution in [0.1, 0.15) is 33.5 Å². The van der Waals surface area contributed by atoms with Crippen LogP contribution >= 0.6 is 11.8 Å². The summed E-state index contributed by atoms with van der Waals surface area (Å²) in [6.07, 6.45) is 4.56. The number of thioether (sulfide) groups is 1. The Balaban J connectivity index is 1.37. The van der Waals surface area contributed by atoms with Crippen LogP contribution in [0, 0.1) is 0 Å². The van der Waals surface area contributed by atoms with Gasteiger partial charge in [-0.15, -0.1) is 0 Å². The van der Waals surface area contributed by atoms with Crippen molar-refractivity contribution in [3.63, 3.8) is 0 Å². The maximum atomic E-state index is 12.7. The predicted octanol–water partition coefficient (Wildman–Crippen LogP) is 4.25. The summed E-state index contributed by atoms with van der Waals surface area (Å²) in [7, 11) is 1.31. The lowest BCUT2D eigenvalue weighted by Crippen LogP contribution is -2.37. The summed E-state index contributed by atoms with van der Waals surface area (Å²) in [6, 6.07) is 9.86. The highest BCUT2D eigenvalue weighted by atomic mass is 32.2. The largest absolute Gasteiger partial charge is 0.493 e. The van der Waals surface area contributed by atoms with Gasteiger partial charge in [0.1, 0.15) is 0 Å². The Morgan fingerprint density at radius 3 is 2.71 bits per heavy atom. The molecule has 1 aliphatic carbocycles. The van der Waals surface area contributed by atoms with E-state index in [1.165, 1.54) is 42.5 Å². The first kappa shape index (κ1) is 23.7. The first-order valence-corrected chi connectivity index (χ1v) is 11.5. The van der Waals surface area contributed by atoms with Gasteiger partial charge in [0, 0.05) is 18.7 Å². The van der Waals surface area contributed by atoms with Gasteiger partial charge in [-0.05, 0) is 78.1 Å². The molecule has 0 saturated carbocycles. The monoisotopic (exact) mass is 488 g/mol. The zero-order valence-corrected chi connectivity index (χ0v) is 19.1. The van der Waals surface area contributed by atoms with Gasteiger partial charge in [-0.1, -0.05) is 12.1 Å². The van der Waals surface area contributed by atoms with E-state index >= 15 is 0 Å². The van der Waals surface area contributed by atoms with Gasteiger partial charge in [0.2, 0.25) is 0 Å². The minimum absolute atomic E-state index is 0.0309. The molecule has 0 spiro atoms. The molecule has 10 heteroatoms. The second-order valence-electron chi connectivity index (χ2n) is 7.72. The molecule has 4 rings (SSSR count). The lowest BCUT2D eigenvalue weighted by molar-refractivity contribution is -0.122. The number of carbonyl (C=O) groups excluding carboxylic acids is 3. The molecule has 2 aromatic rings. The zero-order chi connectivity index (χ0) is 24.2. The minimum Gasteiger partial charge on any atom is -0.493 e. The first-order chi connectivity index (χ1) is 16.4. The zero-order valence-electron chi connectivity index (χ0n) is 18.3. The number of halogens is 2. The highest BCUT2D eigenvalue weighted by Gasteiger charge is 2.34. The number of imide groups is 1. The Hall–Kier alpha value is -3.40. The smallest absolute Gasteiger partial charge is 0.387 e. The first-order valence-electron chi connectivity index (χ1n) is 10.6. The molecule has 0 radical (unpaired) electrons. The van der Waals surface area contributed by atoms with Crippen molar-refractivity contribution in [1.29, 1.82) is 0 Å². The molecule has 7 nitrogen and oxygen atoms in total. The fraction of sp³-hybridized carbons (Fsp3) is 0.292. The number of aryl methyl sites for hydroxylation is 2. The molecule has 0 bridgehead atoms. The summed E-state index contributed by atoms with van der Waals surface area (Å²) in [5, 5.41) is 2.30. The third-order valence-corrected chi connectivity index (χ3v) is 6.46. The number of nitrogens with one attached hydrogen (secondary N) is 1. The molecule has 34 heavy (non-hydrogen) atoms.